The van der Waals surface area contributed by atoms with E-state index in [1.165, 1.54) is 11.0 Å². The van der Waals surface area contributed by atoms with Crippen LogP contribution in [0.4, 0.5) is 35.3 Å². The van der Waals surface area contributed by atoms with Crippen LogP contribution in [0.25, 0.3) is 10.9 Å². The highest BCUT2D eigenvalue weighted by molar-refractivity contribution is 6.05. The van der Waals surface area contributed by atoms with Crippen molar-refractivity contribution >= 4 is 40.0 Å². The van der Waals surface area contributed by atoms with Crippen molar-refractivity contribution in [3.8, 4) is 0 Å². The summed E-state index contributed by atoms with van der Waals surface area (Å²) in [6.45, 7) is 2.28. The maximum atomic E-state index is 13.2. The molecule has 12 heteroatoms. The Kier molecular flexibility index (Phi) is 4.94. The molecule has 2 aliphatic heterocycles. The quantitative estimate of drug-likeness (QED) is 0.576. The molecule has 5 rings (SSSR count). The van der Waals surface area contributed by atoms with E-state index in [2.05, 4.69) is 30.4 Å². The van der Waals surface area contributed by atoms with E-state index in [0.717, 1.165) is 17.8 Å². The first-order chi connectivity index (χ1) is 15.7. The Hall–Kier alpha value is -3.70. The summed E-state index contributed by atoms with van der Waals surface area (Å²) >= 11 is 0. The molecule has 2 bridgehead atoms. The van der Waals surface area contributed by atoms with Crippen molar-refractivity contribution in [1.82, 2.24) is 20.2 Å². The van der Waals surface area contributed by atoms with Crippen molar-refractivity contribution in [1.29, 1.82) is 0 Å². The van der Waals surface area contributed by atoms with E-state index < -0.39 is 30.3 Å². The van der Waals surface area contributed by atoms with E-state index in [-0.39, 0.29) is 17.6 Å². The monoisotopic (exact) mass is 459 g/mol. The van der Waals surface area contributed by atoms with Crippen molar-refractivity contribution in [3.05, 3.63) is 36.3 Å². The van der Waals surface area contributed by atoms with Gasteiger partial charge in [-0.15, -0.1) is 0 Å². The van der Waals surface area contributed by atoms with Crippen molar-refractivity contribution in [2.24, 2.45) is 5.92 Å². The number of nitrogens with zero attached hydrogens (tertiary/aromatic N) is 5. The van der Waals surface area contributed by atoms with Gasteiger partial charge in [0.05, 0.1) is 35.6 Å². The van der Waals surface area contributed by atoms with Gasteiger partial charge in [-0.2, -0.15) is 18.3 Å². The van der Waals surface area contributed by atoms with Crippen LogP contribution in [0.5, 0.6) is 0 Å². The van der Waals surface area contributed by atoms with Gasteiger partial charge in [-0.3, -0.25) is 20.1 Å². The third kappa shape index (κ3) is 3.85. The van der Waals surface area contributed by atoms with Crippen LogP contribution in [0.2, 0.25) is 0 Å². The van der Waals surface area contributed by atoms with E-state index >= 15 is 0 Å². The number of hydrogen-bond acceptors (Lipinski definition) is 6. The van der Waals surface area contributed by atoms with Crippen LogP contribution in [-0.4, -0.2) is 57.3 Å². The first kappa shape index (κ1) is 21.2. The first-order valence-corrected chi connectivity index (χ1v) is 10.5. The molecule has 1 saturated heterocycles. The zero-order valence-electron chi connectivity index (χ0n) is 17.6. The van der Waals surface area contributed by atoms with Gasteiger partial charge in [0.2, 0.25) is 0 Å². The fourth-order valence-electron chi connectivity index (χ4n) is 4.21. The third-order valence-corrected chi connectivity index (χ3v) is 6.07. The molecule has 2 atom stereocenters. The minimum atomic E-state index is -4.47. The first-order valence-electron chi connectivity index (χ1n) is 10.5. The molecule has 0 radical (unpaired) electrons. The van der Waals surface area contributed by atoms with Crippen LogP contribution in [0.1, 0.15) is 30.3 Å². The second kappa shape index (κ2) is 7.71. The minimum Gasteiger partial charge on any atom is -0.366 e. The number of rotatable bonds is 4. The number of halogens is 3. The largest absolute Gasteiger partial charge is 0.391 e. The molecule has 2 N–H and O–H groups in total. The fourth-order valence-corrected chi connectivity index (χ4v) is 4.21. The van der Waals surface area contributed by atoms with Gasteiger partial charge in [0.15, 0.2) is 11.6 Å². The molecule has 3 aromatic rings. The van der Waals surface area contributed by atoms with Crippen LogP contribution in [-0.2, 0) is 0 Å². The molecule has 0 aliphatic carbocycles. The Morgan fingerprint density at radius 3 is 2.91 bits per heavy atom. The van der Waals surface area contributed by atoms with Crippen molar-refractivity contribution in [2.45, 2.75) is 32.0 Å². The molecule has 9 nitrogen and oxygen atoms in total. The molecule has 33 heavy (non-hydrogen) atoms. The van der Waals surface area contributed by atoms with Crippen LogP contribution < -0.4 is 15.1 Å². The average molecular weight is 459 g/mol. The predicted molar refractivity (Wildman–Crippen MR) is 114 cm³/mol. The normalized spacial score (nSPS) is 18.4. The van der Waals surface area contributed by atoms with Gasteiger partial charge in [-0.1, -0.05) is 6.92 Å². The lowest BCUT2D eigenvalue weighted by Gasteiger charge is -2.35. The van der Waals surface area contributed by atoms with Gasteiger partial charge >= 0.3 is 12.2 Å². The zero-order chi connectivity index (χ0) is 23.3. The number of Topliss-reactive ketones (excluding diaryl/α,β-unsaturated/α-hetero) is 1. The summed E-state index contributed by atoms with van der Waals surface area (Å²) < 4.78 is 38.7. The second-order valence-corrected chi connectivity index (χ2v) is 8.32. The van der Waals surface area contributed by atoms with Gasteiger partial charge in [-0.25, -0.2) is 14.8 Å². The lowest BCUT2D eigenvalue weighted by atomic mass is 10.0. The summed E-state index contributed by atoms with van der Waals surface area (Å²) in [5.41, 5.74) is 1.29. The minimum absolute atomic E-state index is 0.0944. The Labute approximate surface area is 186 Å². The van der Waals surface area contributed by atoms with Crippen LogP contribution in [0.3, 0.4) is 0 Å². The Morgan fingerprint density at radius 1 is 1.30 bits per heavy atom. The molecule has 1 fully saturated rings. The summed E-state index contributed by atoms with van der Waals surface area (Å²) in [6.07, 6.45) is -1.31. The van der Waals surface area contributed by atoms with E-state index in [1.807, 2.05) is 0 Å². The van der Waals surface area contributed by atoms with Gasteiger partial charge in [-0.05, 0) is 24.6 Å². The number of nitrogens with one attached hydrogen (secondary N) is 2. The van der Waals surface area contributed by atoms with Crippen molar-refractivity contribution in [3.63, 3.8) is 0 Å². The van der Waals surface area contributed by atoms with E-state index in [9.17, 15) is 22.8 Å². The number of aromatic amines is 1. The van der Waals surface area contributed by atoms with Gasteiger partial charge in [0.1, 0.15) is 11.5 Å². The summed E-state index contributed by atoms with van der Waals surface area (Å²) in [7, 11) is 0. The molecule has 0 saturated carbocycles. The number of urea groups is 1. The highest BCUT2D eigenvalue weighted by Crippen LogP contribution is 2.39. The van der Waals surface area contributed by atoms with E-state index in [4.69, 9.17) is 0 Å². The molecule has 0 unspecified atom stereocenters. The number of amides is 2. The molecule has 2 amide bonds. The maximum absolute atomic E-state index is 13.2. The second-order valence-electron chi connectivity index (χ2n) is 8.32. The number of anilines is 3. The summed E-state index contributed by atoms with van der Waals surface area (Å²) in [5.74, 6) is -1.92. The number of alkyl halides is 3. The molecule has 0 aromatic carbocycles. The number of ketones is 1. The Morgan fingerprint density at radius 2 is 2.12 bits per heavy atom. The highest BCUT2D eigenvalue weighted by Gasteiger charge is 2.41. The molecule has 0 spiro atoms. The highest BCUT2D eigenvalue weighted by atomic mass is 19.4. The third-order valence-electron chi connectivity index (χ3n) is 6.07. The molecular weight excluding hydrogens is 439 g/mol. The lowest BCUT2D eigenvalue weighted by molar-refractivity contribution is -0.168. The summed E-state index contributed by atoms with van der Waals surface area (Å²) in [5, 5.41) is 10.2. The van der Waals surface area contributed by atoms with Crippen LogP contribution in [0.15, 0.2) is 30.6 Å². The molecule has 5 heterocycles. The Bertz CT molecular complexity index is 1240. The number of fused-ring (bicyclic) bond motifs is 5. The van der Waals surface area contributed by atoms with Crippen LogP contribution in [0, 0.1) is 5.92 Å². The number of carbonyl (C=O) groups is 2. The lowest BCUT2D eigenvalue weighted by Crippen LogP contribution is -2.48. The smallest absolute Gasteiger partial charge is 0.366 e. The number of pyridine rings is 2. The van der Waals surface area contributed by atoms with E-state index in [1.54, 1.807) is 24.5 Å². The maximum Gasteiger partial charge on any atom is 0.391 e. The molecule has 3 aromatic heterocycles. The standard InChI is InChI=1S/C21H20F3N7O2/c1-11(21(22,23)24)6-17(32)14-2-3-16-19(27-14)31(13-4-5-30(16)10-13)20(33)28-18-7-12-8-26-29-15(12)9-25-18/h2-3,7-9,11,13H,4-6,10H2,1H3,(H,26,29)(H,25,28,33)/t11-,13-/m0/s1. The summed E-state index contributed by atoms with van der Waals surface area (Å²) in [6, 6.07) is 4.09. The fraction of sp³-hybridized carbons (Fsp3) is 0.381. The van der Waals surface area contributed by atoms with Gasteiger partial charge in [0, 0.05) is 24.9 Å². The number of H-pyrrole nitrogens is 1. The van der Waals surface area contributed by atoms with E-state index in [0.29, 0.717) is 31.0 Å². The molecular formula is C21H20F3N7O2. The van der Waals surface area contributed by atoms with Gasteiger partial charge < -0.3 is 4.90 Å². The topological polar surface area (TPSA) is 107 Å². The molecule has 172 valence electrons. The number of hydrogen-bond donors (Lipinski definition) is 2. The number of carbonyl (C=O) groups excluding carboxylic acids is 2. The number of aromatic nitrogens is 4. The average Bonchev–Trinajstić information content (AvgIpc) is 3.40. The Balaban J connectivity index is 1.43. The summed E-state index contributed by atoms with van der Waals surface area (Å²) in [4.78, 5) is 37.8. The van der Waals surface area contributed by atoms with Crippen LogP contribution >= 0.6 is 0 Å². The zero-order valence-corrected chi connectivity index (χ0v) is 17.6. The molecule has 2 aliphatic rings. The SMILES string of the molecule is C[C@@H](CC(=O)c1ccc2c(n1)N(C(=O)Nc1cc3cn[nH]c3cn1)[C@H]1CCN2C1)C(F)(F)F. The van der Waals surface area contributed by atoms with Gasteiger partial charge in [0.25, 0.3) is 0 Å². The van der Waals surface area contributed by atoms with Crippen molar-refractivity contribution in [2.75, 3.05) is 28.2 Å². The van der Waals surface area contributed by atoms with Crippen molar-refractivity contribution < 1.29 is 22.8 Å². The predicted octanol–water partition coefficient (Wildman–Crippen LogP) is 3.75.